The fourth-order valence-electron chi connectivity index (χ4n) is 1.92. The largest absolute Gasteiger partial charge is 0.444 e. The molecular formula is C16H23ClFNO3. The van der Waals surface area contributed by atoms with Gasteiger partial charge in [0.05, 0.1) is 11.6 Å². The topological polar surface area (TPSA) is 58.6 Å². The van der Waals surface area contributed by atoms with Crippen LogP contribution in [0.15, 0.2) is 18.2 Å². The highest BCUT2D eigenvalue weighted by Gasteiger charge is 2.27. The highest BCUT2D eigenvalue weighted by molar-refractivity contribution is 6.31. The van der Waals surface area contributed by atoms with Crippen LogP contribution < -0.4 is 5.32 Å². The summed E-state index contributed by atoms with van der Waals surface area (Å²) in [6.45, 7) is 7.09. The van der Waals surface area contributed by atoms with Crippen LogP contribution in [0, 0.1) is 11.2 Å². The maximum Gasteiger partial charge on any atom is 0.407 e. The van der Waals surface area contributed by atoms with E-state index in [4.69, 9.17) is 16.3 Å². The average molecular weight is 332 g/mol. The second kappa shape index (κ2) is 7.29. The lowest BCUT2D eigenvalue weighted by Gasteiger charge is -2.29. The lowest BCUT2D eigenvalue weighted by atomic mass is 9.84. The minimum absolute atomic E-state index is 0.0412. The van der Waals surface area contributed by atoms with E-state index in [1.54, 1.807) is 39.8 Å². The second-order valence-corrected chi connectivity index (χ2v) is 7.09. The van der Waals surface area contributed by atoms with E-state index in [1.165, 1.54) is 6.07 Å². The summed E-state index contributed by atoms with van der Waals surface area (Å²) in [7, 11) is 0. The van der Waals surface area contributed by atoms with Gasteiger partial charge in [0.25, 0.3) is 0 Å². The Labute approximate surface area is 135 Å². The van der Waals surface area contributed by atoms with Crippen LogP contribution in [0.5, 0.6) is 0 Å². The molecule has 124 valence electrons. The number of ether oxygens (including phenoxy) is 1. The van der Waals surface area contributed by atoms with Crippen molar-refractivity contribution in [2.24, 2.45) is 5.41 Å². The monoisotopic (exact) mass is 331 g/mol. The van der Waals surface area contributed by atoms with Gasteiger partial charge in [-0.05, 0) is 38.8 Å². The molecule has 0 aliphatic carbocycles. The molecule has 0 fully saturated rings. The van der Waals surface area contributed by atoms with Crippen molar-refractivity contribution in [3.63, 3.8) is 0 Å². The lowest BCUT2D eigenvalue weighted by molar-refractivity contribution is 0.0478. The van der Waals surface area contributed by atoms with Crippen LogP contribution in [-0.2, 0) is 11.2 Å². The van der Waals surface area contributed by atoms with Crippen molar-refractivity contribution < 1.29 is 19.0 Å². The van der Waals surface area contributed by atoms with Crippen molar-refractivity contribution in [3.8, 4) is 0 Å². The van der Waals surface area contributed by atoms with Crippen molar-refractivity contribution >= 4 is 17.7 Å². The molecular weight excluding hydrogens is 309 g/mol. The van der Waals surface area contributed by atoms with E-state index in [9.17, 15) is 14.3 Å². The first kappa shape index (κ1) is 18.7. The van der Waals surface area contributed by atoms with Crippen LogP contribution in [0.1, 0.15) is 33.3 Å². The van der Waals surface area contributed by atoms with Gasteiger partial charge in [-0.3, -0.25) is 0 Å². The Kier molecular flexibility index (Phi) is 6.20. The summed E-state index contributed by atoms with van der Waals surface area (Å²) in [5.74, 6) is -0.500. The Morgan fingerprint density at radius 1 is 1.36 bits per heavy atom. The predicted molar refractivity (Wildman–Crippen MR) is 84.5 cm³/mol. The number of alkyl carbamates (subject to hydrolysis) is 1. The van der Waals surface area contributed by atoms with Crippen molar-refractivity contribution in [3.05, 3.63) is 34.6 Å². The number of aliphatic hydroxyl groups is 1. The van der Waals surface area contributed by atoms with Crippen LogP contribution in [0.25, 0.3) is 0 Å². The molecule has 1 rings (SSSR count). The number of amides is 1. The molecule has 4 nitrogen and oxygen atoms in total. The van der Waals surface area contributed by atoms with Crippen molar-refractivity contribution in [1.29, 1.82) is 0 Å². The van der Waals surface area contributed by atoms with E-state index < -0.39 is 22.9 Å². The minimum Gasteiger partial charge on any atom is -0.444 e. The Balaban J connectivity index is 2.72. The molecule has 0 bridgehead atoms. The molecule has 0 heterocycles. The molecule has 1 aromatic carbocycles. The van der Waals surface area contributed by atoms with Gasteiger partial charge in [-0.2, -0.15) is 0 Å². The second-order valence-electron chi connectivity index (χ2n) is 6.71. The summed E-state index contributed by atoms with van der Waals surface area (Å²) < 4.78 is 18.6. The molecule has 0 saturated heterocycles. The standard InChI is InChI=1S/C16H23ClFNO3/c1-15(2,3)22-14(21)19-9-16(4,10-20)8-11-6-5-7-12(18)13(11)17/h5-7,20H,8-10H2,1-4H3,(H,19,21). The molecule has 1 atom stereocenters. The number of carbonyl (C=O) groups excluding carboxylic acids is 1. The van der Waals surface area contributed by atoms with E-state index in [2.05, 4.69) is 5.32 Å². The molecule has 0 aliphatic rings. The molecule has 0 aliphatic heterocycles. The van der Waals surface area contributed by atoms with Crippen molar-refractivity contribution in [2.75, 3.05) is 13.2 Å². The molecule has 0 radical (unpaired) electrons. The first-order chi connectivity index (χ1) is 10.1. The number of rotatable bonds is 5. The summed E-state index contributed by atoms with van der Waals surface area (Å²) in [5.41, 5.74) is -0.677. The maximum absolute atomic E-state index is 13.5. The molecule has 0 aromatic heterocycles. The van der Waals surface area contributed by atoms with Gasteiger partial charge in [0.15, 0.2) is 0 Å². The third-order valence-corrected chi connectivity index (χ3v) is 3.51. The zero-order chi connectivity index (χ0) is 17.0. The highest BCUT2D eigenvalue weighted by atomic mass is 35.5. The molecule has 1 aromatic rings. The SMILES string of the molecule is CC(CO)(CNC(=O)OC(C)(C)C)Cc1cccc(F)c1Cl. The molecule has 2 N–H and O–H groups in total. The van der Waals surface area contributed by atoms with E-state index in [0.29, 0.717) is 12.0 Å². The molecule has 22 heavy (non-hydrogen) atoms. The van der Waals surface area contributed by atoms with Crippen molar-refractivity contribution in [2.45, 2.75) is 39.7 Å². The number of carbonyl (C=O) groups is 1. The first-order valence-electron chi connectivity index (χ1n) is 7.07. The van der Waals surface area contributed by atoms with Gasteiger partial charge in [-0.25, -0.2) is 9.18 Å². The number of nitrogens with one attached hydrogen (secondary N) is 1. The van der Waals surface area contributed by atoms with E-state index >= 15 is 0 Å². The van der Waals surface area contributed by atoms with Gasteiger partial charge in [0.1, 0.15) is 11.4 Å². The Morgan fingerprint density at radius 3 is 2.55 bits per heavy atom. The minimum atomic E-state index is -0.672. The van der Waals surface area contributed by atoms with Crippen molar-refractivity contribution in [1.82, 2.24) is 5.32 Å². The zero-order valence-corrected chi connectivity index (χ0v) is 14.1. The summed E-state index contributed by atoms with van der Waals surface area (Å²) in [6, 6.07) is 4.55. The molecule has 1 amide bonds. The summed E-state index contributed by atoms with van der Waals surface area (Å²) in [4.78, 5) is 11.7. The van der Waals surface area contributed by atoms with Crippen LogP contribution in [0.3, 0.4) is 0 Å². The Hall–Kier alpha value is -1.33. The van der Waals surface area contributed by atoms with Gasteiger partial charge < -0.3 is 15.2 Å². The number of benzene rings is 1. The molecule has 1 unspecified atom stereocenters. The number of halogens is 2. The summed E-state index contributed by atoms with van der Waals surface area (Å²) in [5, 5.41) is 12.3. The molecule has 0 spiro atoms. The van der Waals surface area contributed by atoms with E-state index in [0.717, 1.165) is 0 Å². The normalized spacial score (nSPS) is 14.3. The molecule has 0 saturated carbocycles. The Morgan fingerprint density at radius 2 is 2.00 bits per heavy atom. The third-order valence-electron chi connectivity index (χ3n) is 3.09. The van der Waals surface area contributed by atoms with E-state index in [-0.39, 0.29) is 18.2 Å². The third kappa shape index (κ3) is 5.81. The quantitative estimate of drug-likeness (QED) is 0.867. The highest BCUT2D eigenvalue weighted by Crippen LogP contribution is 2.28. The van der Waals surface area contributed by atoms with Crippen LogP contribution in [0.4, 0.5) is 9.18 Å². The van der Waals surface area contributed by atoms with Gasteiger partial charge in [0, 0.05) is 12.0 Å². The van der Waals surface area contributed by atoms with Gasteiger partial charge in [0.2, 0.25) is 0 Å². The smallest absolute Gasteiger partial charge is 0.407 e. The number of hydrogen-bond acceptors (Lipinski definition) is 3. The van der Waals surface area contributed by atoms with Gasteiger partial charge in [-0.15, -0.1) is 0 Å². The predicted octanol–water partition coefficient (Wildman–Crippen LogP) is 3.54. The Bertz CT molecular complexity index is 531. The fourth-order valence-corrected chi connectivity index (χ4v) is 2.11. The summed E-state index contributed by atoms with van der Waals surface area (Å²) >= 11 is 5.94. The average Bonchev–Trinajstić information content (AvgIpc) is 2.40. The fraction of sp³-hybridized carbons (Fsp3) is 0.562. The maximum atomic E-state index is 13.5. The van der Waals surface area contributed by atoms with E-state index in [1.807, 2.05) is 0 Å². The first-order valence-corrected chi connectivity index (χ1v) is 7.45. The summed E-state index contributed by atoms with van der Waals surface area (Å²) in [6.07, 6.45) is -0.229. The van der Waals surface area contributed by atoms with Crippen LogP contribution >= 0.6 is 11.6 Å². The lowest BCUT2D eigenvalue weighted by Crippen LogP contribution is -2.41. The van der Waals surface area contributed by atoms with Crippen LogP contribution in [0.2, 0.25) is 5.02 Å². The zero-order valence-electron chi connectivity index (χ0n) is 13.4. The number of aliphatic hydroxyl groups excluding tert-OH is 1. The van der Waals surface area contributed by atoms with Crippen LogP contribution in [-0.4, -0.2) is 30.0 Å². The van der Waals surface area contributed by atoms with Gasteiger partial charge >= 0.3 is 6.09 Å². The number of hydrogen-bond donors (Lipinski definition) is 2. The van der Waals surface area contributed by atoms with Gasteiger partial charge in [-0.1, -0.05) is 30.7 Å². The molecule has 6 heteroatoms.